The van der Waals surface area contributed by atoms with Crippen LogP contribution in [-0.2, 0) is 9.59 Å². The van der Waals surface area contributed by atoms with Crippen LogP contribution in [0.15, 0.2) is 30.3 Å². The second-order valence-corrected chi connectivity index (χ2v) is 6.12. The average molecular weight is 286 g/mol. The molecule has 1 saturated carbocycles. The third-order valence-electron chi connectivity index (χ3n) is 4.79. The number of imide groups is 1. The van der Waals surface area contributed by atoms with Crippen molar-refractivity contribution in [3.8, 4) is 0 Å². The molecule has 1 N–H and O–H groups in total. The molecule has 0 spiro atoms. The molecule has 4 heteroatoms. The molecule has 4 nitrogen and oxygen atoms in total. The van der Waals surface area contributed by atoms with Gasteiger partial charge in [0, 0.05) is 13.1 Å². The number of nitrogens with one attached hydrogen (secondary N) is 1. The zero-order valence-corrected chi connectivity index (χ0v) is 12.4. The van der Waals surface area contributed by atoms with Gasteiger partial charge in [-0.2, -0.15) is 0 Å². The molecular formula is C17H22N2O2. The van der Waals surface area contributed by atoms with Crippen LogP contribution in [0.4, 0.5) is 0 Å². The Labute approximate surface area is 125 Å². The highest BCUT2D eigenvalue weighted by atomic mass is 16.2. The summed E-state index contributed by atoms with van der Waals surface area (Å²) in [5.74, 6) is 0.274. The molecule has 1 aromatic carbocycles. The molecule has 0 aromatic heterocycles. The Morgan fingerprint density at radius 3 is 2.48 bits per heavy atom. The molecule has 2 aliphatic rings. The number of carbonyl (C=O) groups is 2. The number of rotatable bonds is 3. The molecule has 1 saturated heterocycles. The first-order valence-electron chi connectivity index (χ1n) is 7.78. The van der Waals surface area contributed by atoms with Crippen molar-refractivity contribution >= 4 is 11.8 Å². The lowest BCUT2D eigenvalue weighted by atomic mass is 9.79. The quantitative estimate of drug-likeness (QED) is 0.865. The van der Waals surface area contributed by atoms with E-state index in [9.17, 15) is 9.59 Å². The maximum absolute atomic E-state index is 12.1. The van der Waals surface area contributed by atoms with Gasteiger partial charge in [-0.1, -0.05) is 43.2 Å². The highest BCUT2D eigenvalue weighted by molar-refractivity contribution is 6.05. The molecular weight excluding hydrogens is 264 g/mol. The number of hydrogen-bond donors (Lipinski definition) is 1. The van der Waals surface area contributed by atoms with E-state index in [2.05, 4.69) is 29.6 Å². The van der Waals surface area contributed by atoms with E-state index in [0.717, 1.165) is 12.8 Å². The first-order chi connectivity index (χ1) is 10.2. The summed E-state index contributed by atoms with van der Waals surface area (Å²) in [4.78, 5) is 25.0. The van der Waals surface area contributed by atoms with Crippen molar-refractivity contribution in [3.05, 3.63) is 35.9 Å². The molecule has 3 unspecified atom stereocenters. The van der Waals surface area contributed by atoms with Gasteiger partial charge in [0.1, 0.15) is 0 Å². The maximum Gasteiger partial charge on any atom is 0.246 e. The minimum absolute atomic E-state index is 0.0791. The van der Waals surface area contributed by atoms with E-state index in [0.29, 0.717) is 12.3 Å². The van der Waals surface area contributed by atoms with Crippen LogP contribution in [0, 0.1) is 0 Å². The summed E-state index contributed by atoms with van der Waals surface area (Å²) in [5, 5.41) is 3.46. The van der Waals surface area contributed by atoms with Crippen LogP contribution < -0.4 is 5.32 Å². The summed E-state index contributed by atoms with van der Waals surface area (Å²) >= 11 is 0. The SMILES string of the molecule is CN1C(=O)CC(NC2CCCCC2c2ccccc2)C1=O. The van der Waals surface area contributed by atoms with Gasteiger partial charge in [-0.05, 0) is 24.3 Å². The lowest BCUT2D eigenvalue weighted by Crippen LogP contribution is -2.46. The third-order valence-corrected chi connectivity index (χ3v) is 4.79. The summed E-state index contributed by atoms with van der Waals surface area (Å²) in [5.41, 5.74) is 1.33. The van der Waals surface area contributed by atoms with Gasteiger partial charge >= 0.3 is 0 Å². The molecule has 3 atom stereocenters. The van der Waals surface area contributed by atoms with Crippen molar-refractivity contribution in [1.82, 2.24) is 10.2 Å². The number of likely N-dealkylation sites (N-methyl/N-ethyl adjacent to an activating group) is 1. The van der Waals surface area contributed by atoms with E-state index >= 15 is 0 Å². The normalized spacial score (nSPS) is 30.0. The highest BCUT2D eigenvalue weighted by Crippen LogP contribution is 2.33. The summed E-state index contributed by atoms with van der Waals surface area (Å²) in [6, 6.07) is 10.4. The fraction of sp³-hybridized carbons (Fsp3) is 0.529. The van der Waals surface area contributed by atoms with Crippen molar-refractivity contribution < 1.29 is 9.59 Å². The van der Waals surface area contributed by atoms with E-state index in [4.69, 9.17) is 0 Å². The maximum atomic E-state index is 12.1. The zero-order valence-electron chi connectivity index (χ0n) is 12.4. The first-order valence-corrected chi connectivity index (χ1v) is 7.78. The first kappa shape index (κ1) is 14.3. The van der Waals surface area contributed by atoms with Crippen molar-refractivity contribution in [2.75, 3.05) is 7.05 Å². The van der Waals surface area contributed by atoms with Gasteiger partial charge in [0.15, 0.2) is 0 Å². The van der Waals surface area contributed by atoms with E-state index in [1.54, 1.807) is 7.05 Å². The third kappa shape index (κ3) is 2.86. The van der Waals surface area contributed by atoms with Crippen LogP contribution in [-0.4, -0.2) is 35.8 Å². The minimum Gasteiger partial charge on any atom is -0.302 e. The molecule has 1 aliphatic heterocycles. The van der Waals surface area contributed by atoms with Gasteiger partial charge in [0.2, 0.25) is 11.8 Å². The smallest absolute Gasteiger partial charge is 0.246 e. The second kappa shape index (κ2) is 5.98. The minimum atomic E-state index is -0.336. The Morgan fingerprint density at radius 2 is 1.81 bits per heavy atom. The summed E-state index contributed by atoms with van der Waals surface area (Å²) in [7, 11) is 1.57. The molecule has 3 rings (SSSR count). The van der Waals surface area contributed by atoms with Crippen LogP contribution in [0.3, 0.4) is 0 Å². The highest BCUT2D eigenvalue weighted by Gasteiger charge is 2.38. The van der Waals surface area contributed by atoms with Crippen molar-refractivity contribution in [2.24, 2.45) is 0 Å². The van der Waals surface area contributed by atoms with Gasteiger partial charge in [-0.15, -0.1) is 0 Å². The van der Waals surface area contributed by atoms with Crippen molar-refractivity contribution in [2.45, 2.75) is 50.1 Å². The number of carbonyl (C=O) groups excluding carboxylic acids is 2. The molecule has 2 amide bonds. The number of benzene rings is 1. The molecule has 1 aliphatic carbocycles. The molecule has 1 aromatic rings. The largest absolute Gasteiger partial charge is 0.302 e. The van der Waals surface area contributed by atoms with Crippen LogP contribution in [0.1, 0.15) is 43.6 Å². The second-order valence-electron chi connectivity index (χ2n) is 6.12. The molecule has 21 heavy (non-hydrogen) atoms. The Hall–Kier alpha value is -1.68. The lowest BCUT2D eigenvalue weighted by Gasteiger charge is -2.34. The Balaban J connectivity index is 1.74. The van der Waals surface area contributed by atoms with Crippen LogP contribution >= 0.6 is 0 Å². The van der Waals surface area contributed by atoms with Crippen LogP contribution in [0.25, 0.3) is 0 Å². The molecule has 0 radical (unpaired) electrons. The number of nitrogens with zero attached hydrogens (tertiary/aromatic N) is 1. The topological polar surface area (TPSA) is 49.4 Å². The Kier molecular flexibility index (Phi) is 4.06. The molecule has 0 bridgehead atoms. The predicted octanol–water partition coefficient (Wildman–Crippen LogP) is 2.06. The molecule has 112 valence electrons. The Bertz CT molecular complexity index is 529. The fourth-order valence-corrected chi connectivity index (χ4v) is 3.57. The van der Waals surface area contributed by atoms with Crippen LogP contribution in [0.5, 0.6) is 0 Å². The predicted molar refractivity (Wildman–Crippen MR) is 80.8 cm³/mol. The summed E-state index contributed by atoms with van der Waals surface area (Å²) in [6.07, 6.45) is 4.93. The van der Waals surface area contributed by atoms with E-state index < -0.39 is 0 Å². The zero-order chi connectivity index (χ0) is 14.8. The Morgan fingerprint density at radius 1 is 1.10 bits per heavy atom. The fourth-order valence-electron chi connectivity index (χ4n) is 3.57. The lowest BCUT2D eigenvalue weighted by molar-refractivity contribution is -0.137. The monoisotopic (exact) mass is 286 g/mol. The number of amides is 2. The van der Waals surface area contributed by atoms with E-state index in [1.165, 1.54) is 23.3 Å². The number of hydrogen-bond acceptors (Lipinski definition) is 3. The van der Waals surface area contributed by atoms with Gasteiger partial charge < -0.3 is 5.32 Å². The van der Waals surface area contributed by atoms with Gasteiger partial charge in [0.25, 0.3) is 0 Å². The van der Waals surface area contributed by atoms with E-state index in [1.807, 2.05) is 6.07 Å². The summed E-state index contributed by atoms with van der Waals surface area (Å²) in [6.45, 7) is 0. The van der Waals surface area contributed by atoms with Gasteiger partial charge in [-0.3, -0.25) is 14.5 Å². The van der Waals surface area contributed by atoms with Crippen molar-refractivity contribution in [1.29, 1.82) is 0 Å². The average Bonchev–Trinajstić information content (AvgIpc) is 2.76. The molecule has 1 heterocycles. The van der Waals surface area contributed by atoms with Crippen LogP contribution in [0.2, 0.25) is 0 Å². The van der Waals surface area contributed by atoms with E-state index in [-0.39, 0.29) is 23.9 Å². The molecule has 2 fully saturated rings. The number of likely N-dealkylation sites (tertiary alicyclic amines) is 1. The van der Waals surface area contributed by atoms with Crippen molar-refractivity contribution in [3.63, 3.8) is 0 Å². The van der Waals surface area contributed by atoms with Gasteiger partial charge in [-0.25, -0.2) is 0 Å². The van der Waals surface area contributed by atoms with Gasteiger partial charge in [0.05, 0.1) is 12.5 Å². The summed E-state index contributed by atoms with van der Waals surface area (Å²) < 4.78 is 0. The standard InChI is InChI=1S/C17H22N2O2/c1-19-16(20)11-15(17(19)21)18-14-10-6-5-9-13(14)12-7-3-2-4-8-12/h2-4,7-8,13-15,18H,5-6,9-11H2,1H3.